The van der Waals surface area contributed by atoms with Gasteiger partial charge in [-0.1, -0.05) is 48.5 Å². The average Bonchev–Trinajstić information content (AvgIpc) is 3.48. The number of benzene rings is 2. The van der Waals surface area contributed by atoms with Crippen LogP contribution in [0.2, 0.25) is 0 Å². The third-order valence-electron chi connectivity index (χ3n) is 6.59. The molecule has 0 amide bonds. The molecule has 0 bridgehead atoms. The molecule has 0 saturated carbocycles. The molecule has 1 aliphatic heterocycles. The Morgan fingerprint density at radius 3 is 2.62 bits per heavy atom. The molecule has 34 heavy (non-hydrogen) atoms. The van der Waals surface area contributed by atoms with Crippen LogP contribution in [-0.2, 0) is 17.8 Å². The number of hydrogen-bond donors (Lipinski definition) is 1. The van der Waals surface area contributed by atoms with E-state index >= 15 is 0 Å². The van der Waals surface area contributed by atoms with E-state index in [1.807, 2.05) is 29.3 Å². The third-order valence-corrected chi connectivity index (χ3v) is 6.59. The SMILES string of the molecule is COC1CN(Cc2cccc(-c3cnc4[nH]cc(-c5cnn(Cc6ccccc6)c5)c4c3)c2)C1. The lowest BCUT2D eigenvalue weighted by Gasteiger charge is -2.38. The van der Waals surface area contributed by atoms with Gasteiger partial charge in [0.05, 0.1) is 18.8 Å². The van der Waals surface area contributed by atoms with E-state index in [0.29, 0.717) is 6.10 Å². The fourth-order valence-corrected chi connectivity index (χ4v) is 4.67. The van der Waals surface area contributed by atoms with Crippen molar-refractivity contribution in [3.63, 3.8) is 0 Å². The van der Waals surface area contributed by atoms with Crippen LogP contribution in [-0.4, -0.2) is 51.0 Å². The maximum atomic E-state index is 5.40. The second-order valence-corrected chi connectivity index (χ2v) is 8.99. The van der Waals surface area contributed by atoms with Crippen molar-refractivity contribution in [3.05, 3.63) is 96.6 Å². The van der Waals surface area contributed by atoms with Crippen LogP contribution in [0.5, 0.6) is 0 Å². The zero-order valence-electron chi connectivity index (χ0n) is 19.2. The molecule has 1 saturated heterocycles. The Balaban J connectivity index is 1.26. The second kappa shape index (κ2) is 8.89. The van der Waals surface area contributed by atoms with Gasteiger partial charge in [0.1, 0.15) is 5.65 Å². The smallest absolute Gasteiger partial charge is 0.137 e. The van der Waals surface area contributed by atoms with Crippen molar-refractivity contribution in [3.8, 4) is 22.3 Å². The van der Waals surface area contributed by atoms with E-state index in [4.69, 9.17) is 9.72 Å². The average molecular weight is 450 g/mol. The Morgan fingerprint density at radius 1 is 0.912 bits per heavy atom. The minimum Gasteiger partial charge on any atom is -0.379 e. The lowest BCUT2D eigenvalue weighted by atomic mass is 10.0. The number of nitrogens with one attached hydrogen (secondary N) is 1. The van der Waals surface area contributed by atoms with Crippen molar-refractivity contribution in [2.45, 2.75) is 19.2 Å². The van der Waals surface area contributed by atoms with Gasteiger partial charge in [-0.3, -0.25) is 9.58 Å². The van der Waals surface area contributed by atoms with Gasteiger partial charge in [0.15, 0.2) is 0 Å². The summed E-state index contributed by atoms with van der Waals surface area (Å²) in [6.45, 7) is 3.69. The number of hydrogen-bond acceptors (Lipinski definition) is 4. The molecule has 6 rings (SSSR count). The van der Waals surface area contributed by atoms with Crippen LogP contribution in [0.1, 0.15) is 11.1 Å². The highest BCUT2D eigenvalue weighted by atomic mass is 16.5. The van der Waals surface area contributed by atoms with Gasteiger partial charge < -0.3 is 9.72 Å². The molecule has 1 N–H and O–H groups in total. The normalized spacial score (nSPS) is 14.5. The number of likely N-dealkylation sites (tertiary alicyclic amines) is 1. The highest BCUT2D eigenvalue weighted by Crippen LogP contribution is 2.31. The molecule has 2 aromatic carbocycles. The molecule has 0 atom stereocenters. The predicted molar refractivity (Wildman–Crippen MR) is 134 cm³/mol. The van der Waals surface area contributed by atoms with E-state index < -0.39 is 0 Å². The maximum Gasteiger partial charge on any atom is 0.137 e. The topological polar surface area (TPSA) is 59.0 Å². The maximum absolute atomic E-state index is 5.40. The van der Waals surface area contributed by atoms with Crippen LogP contribution in [0.4, 0.5) is 0 Å². The first-order chi connectivity index (χ1) is 16.7. The molecule has 3 aromatic heterocycles. The number of ether oxygens (including phenoxy) is 1. The lowest BCUT2D eigenvalue weighted by molar-refractivity contribution is -0.0333. The quantitative estimate of drug-likeness (QED) is 0.381. The molecule has 6 nitrogen and oxygen atoms in total. The van der Waals surface area contributed by atoms with E-state index in [1.54, 1.807) is 7.11 Å². The van der Waals surface area contributed by atoms with Gasteiger partial charge in [-0.15, -0.1) is 0 Å². The number of aromatic amines is 1. The summed E-state index contributed by atoms with van der Waals surface area (Å²) in [5.74, 6) is 0. The van der Waals surface area contributed by atoms with E-state index in [-0.39, 0.29) is 0 Å². The molecule has 0 radical (unpaired) electrons. The number of rotatable bonds is 7. The fraction of sp³-hybridized carbons (Fsp3) is 0.214. The number of H-pyrrole nitrogens is 1. The Morgan fingerprint density at radius 2 is 1.76 bits per heavy atom. The Labute approximate surface area is 198 Å². The van der Waals surface area contributed by atoms with Crippen molar-refractivity contribution in [1.29, 1.82) is 0 Å². The van der Waals surface area contributed by atoms with Crippen molar-refractivity contribution in [2.24, 2.45) is 0 Å². The van der Waals surface area contributed by atoms with E-state index in [2.05, 4.69) is 75.8 Å². The number of fused-ring (bicyclic) bond motifs is 1. The lowest BCUT2D eigenvalue weighted by Crippen LogP contribution is -2.50. The van der Waals surface area contributed by atoms with Crippen molar-refractivity contribution >= 4 is 11.0 Å². The Bertz CT molecular complexity index is 1420. The number of nitrogens with zero attached hydrogens (tertiary/aromatic N) is 4. The van der Waals surface area contributed by atoms with Crippen LogP contribution >= 0.6 is 0 Å². The first-order valence-electron chi connectivity index (χ1n) is 11.6. The molecular formula is C28H27N5O. The summed E-state index contributed by atoms with van der Waals surface area (Å²) in [7, 11) is 1.79. The van der Waals surface area contributed by atoms with Gasteiger partial charge >= 0.3 is 0 Å². The van der Waals surface area contributed by atoms with Crippen molar-refractivity contribution in [1.82, 2.24) is 24.6 Å². The molecule has 1 fully saturated rings. The second-order valence-electron chi connectivity index (χ2n) is 8.99. The molecule has 0 spiro atoms. The van der Waals surface area contributed by atoms with E-state index in [0.717, 1.165) is 53.9 Å². The molecule has 0 aliphatic carbocycles. The summed E-state index contributed by atoms with van der Waals surface area (Å²) in [5.41, 5.74) is 7.93. The predicted octanol–water partition coefficient (Wildman–Crippen LogP) is 4.97. The van der Waals surface area contributed by atoms with Gasteiger partial charge in [0, 0.05) is 67.4 Å². The van der Waals surface area contributed by atoms with Crippen LogP contribution in [0.25, 0.3) is 33.3 Å². The molecule has 4 heterocycles. The van der Waals surface area contributed by atoms with Crippen LogP contribution in [0, 0.1) is 0 Å². The van der Waals surface area contributed by atoms with Crippen LogP contribution in [0.15, 0.2) is 85.5 Å². The number of pyridine rings is 1. The Kier molecular flexibility index (Phi) is 5.45. The molecule has 1 aliphatic rings. The zero-order chi connectivity index (χ0) is 22.9. The zero-order valence-corrected chi connectivity index (χ0v) is 19.2. The van der Waals surface area contributed by atoms with Crippen molar-refractivity contribution < 1.29 is 4.74 Å². The minimum atomic E-state index is 0.374. The first kappa shape index (κ1) is 20.8. The summed E-state index contributed by atoms with van der Waals surface area (Å²) in [5, 5.41) is 5.69. The van der Waals surface area contributed by atoms with Crippen LogP contribution in [0.3, 0.4) is 0 Å². The Hall–Kier alpha value is -3.74. The highest BCUT2D eigenvalue weighted by molar-refractivity contribution is 5.95. The van der Waals surface area contributed by atoms with Crippen molar-refractivity contribution in [2.75, 3.05) is 20.2 Å². The molecular weight excluding hydrogens is 422 g/mol. The molecule has 0 unspecified atom stereocenters. The highest BCUT2D eigenvalue weighted by Gasteiger charge is 2.26. The van der Waals surface area contributed by atoms with Crippen LogP contribution < -0.4 is 0 Å². The van der Waals surface area contributed by atoms with Gasteiger partial charge in [-0.2, -0.15) is 5.10 Å². The molecule has 170 valence electrons. The van der Waals surface area contributed by atoms with E-state index in [9.17, 15) is 0 Å². The molecule has 5 aromatic rings. The molecule has 6 heteroatoms. The summed E-state index contributed by atoms with van der Waals surface area (Å²) in [4.78, 5) is 10.4. The van der Waals surface area contributed by atoms with Gasteiger partial charge in [0.25, 0.3) is 0 Å². The van der Waals surface area contributed by atoms with E-state index in [1.165, 1.54) is 16.7 Å². The number of methoxy groups -OCH3 is 1. The van der Waals surface area contributed by atoms with Gasteiger partial charge in [-0.05, 0) is 28.8 Å². The number of aromatic nitrogens is 4. The summed E-state index contributed by atoms with van der Waals surface area (Å²) in [6.07, 6.45) is 8.38. The minimum absolute atomic E-state index is 0.374. The summed E-state index contributed by atoms with van der Waals surface area (Å²) < 4.78 is 7.38. The monoisotopic (exact) mass is 449 g/mol. The summed E-state index contributed by atoms with van der Waals surface area (Å²) >= 11 is 0. The fourth-order valence-electron chi connectivity index (χ4n) is 4.67. The third kappa shape index (κ3) is 4.14. The standard InChI is InChI=1S/C28H27N5O/c1-34-25-18-32(19-25)15-21-8-5-9-22(10-21)23-11-26-27(14-30-28(26)29-12-23)24-13-31-33(17-24)16-20-6-3-2-4-7-20/h2-14,17,25H,15-16,18-19H2,1H3,(H,29,30). The van der Waals surface area contributed by atoms with Gasteiger partial charge in [0.2, 0.25) is 0 Å². The largest absolute Gasteiger partial charge is 0.379 e. The first-order valence-corrected chi connectivity index (χ1v) is 11.6. The van der Waals surface area contributed by atoms with Gasteiger partial charge in [-0.25, -0.2) is 4.98 Å². The summed E-state index contributed by atoms with van der Waals surface area (Å²) in [6, 6.07) is 21.4.